The van der Waals surface area contributed by atoms with E-state index in [1.165, 1.54) is 5.56 Å². The standard InChI is InChI=1S/C8H11O/c1-3-8-5-4-7(2)9-6-8/h4-6H,3H2,1-2H3/q+1. The van der Waals surface area contributed by atoms with Crippen molar-refractivity contribution >= 4 is 0 Å². The molecular formula is C8H11O+. The van der Waals surface area contributed by atoms with Gasteiger partial charge < -0.3 is 0 Å². The second kappa shape index (κ2) is 2.62. The van der Waals surface area contributed by atoms with Crippen molar-refractivity contribution in [3.8, 4) is 0 Å². The average molecular weight is 123 g/mol. The summed E-state index contributed by atoms with van der Waals surface area (Å²) in [6.45, 7) is 4.06. The van der Waals surface area contributed by atoms with Crippen LogP contribution in [0.5, 0.6) is 0 Å². The molecule has 1 heterocycles. The van der Waals surface area contributed by atoms with E-state index in [4.69, 9.17) is 4.42 Å². The molecular weight excluding hydrogens is 112 g/mol. The number of hydrogen-bond acceptors (Lipinski definition) is 0. The summed E-state index contributed by atoms with van der Waals surface area (Å²) in [4.78, 5) is 0. The van der Waals surface area contributed by atoms with E-state index in [1.54, 1.807) is 6.26 Å². The highest BCUT2D eigenvalue weighted by Crippen LogP contribution is 2.02. The summed E-state index contributed by atoms with van der Waals surface area (Å²) < 4.78 is 5.15. The first-order valence-electron chi connectivity index (χ1n) is 3.20. The van der Waals surface area contributed by atoms with Gasteiger partial charge in [0.1, 0.15) is 0 Å². The highest BCUT2D eigenvalue weighted by atomic mass is 16.3. The van der Waals surface area contributed by atoms with Crippen LogP contribution in [0.1, 0.15) is 18.2 Å². The van der Waals surface area contributed by atoms with Crippen LogP contribution in [0.2, 0.25) is 0 Å². The molecule has 1 rings (SSSR count). The molecule has 0 aliphatic heterocycles. The Labute approximate surface area is 55.3 Å². The van der Waals surface area contributed by atoms with Gasteiger partial charge in [-0.2, -0.15) is 0 Å². The van der Waals surface area contributed by atoms with Crippen LogP contribution in [0.25, 0.3) is 0 Å². The summed E-state index contributed by atoms with van der Waals surface area (Å²) in [7, 11) is 0. The van der Waals surface area contributed by atoms with E-state index >= 15 is 0 Å². The molecule has 0 aromatic carbocycles. The molecule has 0 saturated heterocycles. The minimum Gasteiger partial charge on any atom is -0.221 e. The zero-order chi connectivity index (χ0) is 6.69. The Morgan fingerprint density at radius 1 is 1.44 bits per heavy atom. The summed E-state index contributed by atoms with van der Waals surface area (Å²) in [5.74, 6) is 0.965. The molecule has 0 amide bonds. The lowest BCUT2D eigenvalue weighted by molar-refractivity contribution is 0.510. The molecule has 0 aliphatic carbocycles. The number of hydrogen-bond donors (Lipinski definition) is 0. The molecule has 1 aromatic rings. The van der Waals surface area contributed by atoms with Gasteiger partial charge in [0, 0.05) is 11.6 Å². The molecule has 1 nitrogen and oxygen atoms in total. The van der Waals surface area contributed by atoms with Gasteiger partial charge in [-0.3, -0.25) is 0 Å². The van der Waals surface area contributed by atoms with E-state index in [0.717, 1.165) is 12.2 Å². The van der Waals surface area contributed by atoms with Crippen LogP contribution < -0.4 is 0 Å². The zero-order valence-electron chi connectivity index (χ0n) is 5.85. The van der Waals surface area contributed by atoms with E-state index in [0.29, 0.717) is 0 Å². The van der Waals surface area contributed by atoms with Gasteiger partial charge in [-0.25, -0.2) is 4.42 Å². The van der Waals surface area contributed by atoms with Gasteiger partial charge >= 0.3 is 12.0 Å². The van der Waals surface area contributed by atoms with Gasteiger partial charge in [0.15, 0.2) is 0 Å². The van der Waals surface area contributed by atoms with Crippen LogP contribution in [0.3, 0.4) is 0 Å². The van der Waals surface area contributed by atoms with Crippen molar-refractivity contribution < 1.29 is 4.42 Å². The van der Waals surface area contributed by atoms with Crippen LogP contribution in [0, 0.1) is 6.92 Å². The molecule has 0 fully saturated rings. The zero-order valence-corrected chi connectivity index (χ0v) is 5.85. The van der Waals surface area contributed by atoms with Gasteiger partial charge in [0.05, 0.1) is 6.92 Å². The monoisotopic (exact) mass is 123 g/mol. The average Bonchev–Trinajstić information content (AvgIpc) is 1.90. The maximum absolute atomic E-state index is 5.15. The summed E-state index contributed by atoms with van der Waals surface area (Å²) in [6.07, 6.45) is 2.85. The van der Waals surface area contributed by atoms with Crippen molar-refractivity contribution in [2.45, 2.75) is 20.3 Å². The highest BCUT2D eigenvalue weighted by Gasteiger charge is 1.98. The predicted octanol–water partition coefficient (Wildman–Crippen LogP) is 2.43. The van der Waals surface area contributed by atoms with Gasteiger partial charge in [-0.15, -0.1) is 0 Å². The summed E-state index contributed by atoms with van der Waals surface area (Å²) in [5, 5.41) is 0. The van der Waals surface area contributed by atoms with Crippen LogP contribution >= 0.6 is 0 Å². The Balaban J connectivity index is 2.88. The lowest BCUT2D eigenvalue weighted by atomic mass is 10.2. The second-order valence-corrected chi connectivity index (χ2v) is 2.11. The molecule has 0 radical (unpaired) electrons. The van der Waals surface area contributed by atoms with Gasteiger partial charge in [-0.1, -0.05) is 6.92 Å². The first-order chi connectivity index (χ1) is 4.33. The number of aryl methyl sites for hydroxylation is 2. The number of rotatable bonds is 1. The molecule has 0 atom stereocenters. The molecule has 0 unspecified atom stereocenters. The van der Waals surface area contributed by atoms with Crippen LogP contribution in [-0.2, 0) is 6.42 Å². The normalized spacial score (nSPS) is 9.56. The first kappa shape index (κ1) is 6.27. The second-order valence-electron chi connectivity index (χ2n) is 2.11. The fraction of sp³-hybridized carbons (Fsp3) is 0.375. The third-order valence-corrected chi connectivity index (χ3v) is 1.34. The van der Waals surface area contributed by atoms with Crippen LogP contribution in [-0.4, -0.2) is 0 Å². The van der Waals surface area contributed by atoms with Crippen molar-refractivity contribution in [2.75, 3.05) is 0 Å². The third kappa shape index (κ3) is 1.53. The lowest BCUT2D eigenvalue weighted by Gasteiger charge is -1.83. The fourth-order valence-electron chi connectivity index (χ4n) is 0.673. The Hall–Kier alpha value is -0.850. The quantitative estimate of drug-likeness (QED) is 0.522. The van der Waals surface area contributed by atoms with Crippen molar-refractivity contribution in [2.24, 2.45) is 0 Å². The molecule has 48 valence electrons. The van der Waals surface area contributed by atoms with E-state index in [1.807, 2.05) is 13.0 Å². The van der Waals surface area contributed by atoms with E-state index < -0.39 is 0 Å². The van der Waals surface area contributed by atoms with Crippen molar-refractivity contribution in [1.29, 1.82) is 0 Å². The molecule has 0 spiro atoms. The third-order valence-electron chi connectivity index (χ3n) is 1.34. The Kier molecular flexibility index (Phi) is 1.83. The van der Waals surface area contributed by atoms with Gasteiger partial charge in [0.2, 0.25) is 0 Å². The minimum atomic E-state index is 0.965. The highest BCUT2D eigenvalue weighted by molar-refractivity contribution is 5.09. The minimum absolute atomic E-state index is 0.965. The Morgan fingerprint density at radius 3 is 2.67 bits per heavy atom. The van der Waals surface area contributed by atoms with Crippen LogP contribution in [0.15, 0.2) is 22.8 Å². The molecule has 0 saturated carbocycles. The predicted molar refractivity (Wildman–Crippen MR) is 37.2 cm³/mol. The van der Waals surface area contributed by atoms with E-state index in [-0.39, 0.29) is 0 Å². The van der Waals surface area contributed by atoms with Crippen molar-refractivity contribution in [3.63, 3.8) is 0 Å². The lowest BCUT2D eigenvalue weighted by Crippen LogP contribution is -1.77. The van der Waals surface area contributed by atoms with Gasteiger partial charge in [0.25, 0.3) is 0 Å². The van der Waals surface area contributed by atoms with E-state index in [2.05, 4.69) is 13.0 Å². The van der Waals surface area contributed by atoms with Crippen molar-refractivity contribution in [1.82, 2.24) is 0 Å². The Bertz CT molecular complexity index is 176. The molecule has 1 aromatic heterocycles. The summed E-state index contributed by atoms with van der Waals surface area (Å²) in [5.41, 5.74) is 1.25. The SMILES string of the molecule is CCc1ccc(C)[o+]c1. The molecule has 0 N–H and O–H groups in total. The molecule has 1 heteroatoms. The topological polar surface area (TPSA) is 11.3 Å². The summed E-state index contributed by atoms with van der Waals surface area (Å²) >= 11 is 0. The smallest absolute Gasteiger partial charge is 0.221 e. The van der Waals surface area contributed by atoms with Crippen molar-refractivity contribution in [3.05, 3.63) is 29.7 Å². The molecule has 0 bridgehead atoms. The maximum Gasteiger partial charge on any atom is 0.326 e. The molecule has 0 aliphatic rings. The maximum atomic E-state index is 5.15. The Morgan fingerprint density at radius 2 is 2.22 bits per heavy atom. The largest absolute Gasteiger partial charge is 0.326 e. The fourth-order valence-corrected chi connectivity index (χ4v) is 0.673. The van der Waals surface area contributed by atoms with E-state index in [9.17, 15) is 0 Å². The first-order valence-corrected chi connectivity index (χ1v) is 3.20. The summed E-state index contributed by atoms with van der Waals surface area (Å²) in [6, 6.07) is 4.07. The van der Waals surface area contributed by atoms with Gasteiger partial charge in [-0.05, 0) is 12.5 Å². The van der Waals surface area contributed by atoms with Crippen LogP contribution in [0.4, 0.5) is 0 Å². The molecule has 9 heavy (non-hydrogen) atoms.